The second-order valence-corrected chi connectivity index (χ2v) is 8.28. The molecule has 0 amide bonds. The number of carbonyl (C=O) groups is 1. The molecule has 0 heterocycles. The molecule has 1 saturated carbocycles. The number of hydrogen-bond donors (Lipinski definition) is 3. The maximum absolute atomic E-state index is 11.3. The SMILES string of the molecule is CCCCCC(C)(O)/C=C/[C@@H]1[C@@H](C/C=C\CCCC(=O)CC)[C@@H](O)C[C@H]1O. The molecule has 1 fully saturated rings. The van der Waals surface area contributed by atoms with Crippen molar-refractivity contribution in [2.45, 2.75) is 103 Å². The summed E-state index contributed by atoms with van der Waals surface area (Å²) >= 11 is 0. The molecule has 1 aliphatic carbocycles. The van der Waals surface area contributed by atoms with Gasteiger partial charge in [0.15, 0.2) is 0 Å². The molecule has 4 heteroatoms. The summed E-state index contributed by atoms with van der Waals surface area (Å²) in [7, 11) is 0. The molecule has 0 aliphatic heterocycles. The second kappa shape index (κ2) is 12.5. The largest absolute Gasteiger partial charge is 0.393 e. The average molecular weight is 381 g/mol. The smallest absolute Gasteiger partial charge is 0.132 e. The zero-order valence-corrected chi connectivity index (χ0v) is 17.4. The van der Waals surface area contributed by atoms with Gasteiger partial charge in [0.2, 0.25) is 0 Å². The van der Waals surface area contributed by atoms with Crippen LogP contribution in [0.5, 0.6) is 0 Å². The normalized spacial score (nSPS) is 28.2. The quantitative estimate of drug-likeness (QED) is 0.328. The molecule has 156 valence electrons. The van der Waals surface area contributed by atoms with Gasteiger partial charge < -0.3 is 15.3 Å². The second-order valence-electron chi connectivity index (χ2n) is 8.28. The van der Waals surface area contributed by atoms with E-state index in [4.69, 9.17) is 0 Å². The van der Waals surface area contributed by atoms with Crippen LogP contribution in [0.1, 0.15) is 85.0 Å². The molecule has 1 unspecified atom stereocenters. The summed E-state index contributed by atoms with van der Waals surface area (Å²) in [6.07, 6.45) is 14.7. The maximum atomic E-state index is 11.3. The van der Waals surface area contributed by atoms with E-state index in [9.17, 15) is 20.1 Å². The van der Waals surface area contributed by atoms with Gasteiger partial charge in [-0.15, -0.1) is 0 Å². The van der Waals surface area contributed by atoms with Crippen LogP contribution in [0.3, 0.4) is 0 Å². The van der Waals surface area contributed by atoms with Crippen molar-refractivity contribution in [2.75, 3.05) is 0 Å². The minimum atomic E-state index is -0.866. The molecular weight excluding hydrogens is 340 g/mol. The number of rotatable bonds is 13. The number of Topliss-reactive ketones (excluding diaryl/α,β-unsaturated/α-hetero) is 1. The summed E-state index contributed by atoms with van der Waals surface area (Å²) in [5.74, 6) is 0.133. The Balaban J connectivity index is 2.54. The molecule has 5 atom stereocenters. The highest BCUT2D eigenvalue weighted by molar-refractivity contribution is 5.77. The van der Waals surface area contributed by atoms with E-state index < -0.39 is 17.8 Å². The van der Waals surface area contributed by atoms with Gasteiger partial charge in [-0.25, -0.2) is 0 Å². The lowest BCUT2D eigenvalue weighted by Crippen LogP contribution is -2.24. The summed E-state index contributed by atoms with van der Waals surface area (Å²) in [4.78, 5) is 11.3. The molecule has 27 heavy (non-hydrogen) atoms. The van der Waals surface area contributed by atoms with E-state index in [-0.39, 0.29) is 11.8 Å². The van der Waals surface area contributed by atoms with Gasteiger partial charge in [-0.2, -0.15) is 0 Å². The van der Waals surface area contributed by atoms with Crippen LogP contribution in [-0.4, -0.2) is 38.9 Å². The van der Waals surface area contributed by atoms with Gasteiger partial charge in [-0.1, -0.05) is 57.4 Å². The lowest BCUT2D eigenvalue weighted by Gasteiger charge is -2.23. The van der Waals surface area contributed by atoms with Gasteiger partial charge in [0.1, 0.15) is 5.78 Å². The van der Waals surface area contributed by atoms with Crippen LogP contribution in [0.25, 0.3) is 0 Å². The third kappa shape index (κ3) is 9.18. The van der Waals surface area contributed by atoms with Crippen LogP contribution in [0.4, 0.5) is 0 Å². The number of hydrogen-bond acceptors (Lipinski definition) is 4. The first-order valence-corrected chi connectivity index (χ1v) is 10.7. The molecule has 3 N–H and O–H groups in total. The lowest BCUT2D eigenvalue weighted by atomic mass is 9.88. The number of ketones is 1. The third-order valence-corrected chi connectivity index (χ3v) is 5.68. The zero-order chi connectivity index (χ0) is 20.3. The van der Waals surface area contributed by atoms with Crippen LogP contribution in [0.2, 0.25) is 0 Å². The summed E-state index contributed by atoms with van der Waals surface area (Å²) in [5, 5.41) is 31.1. The number of allylic oxidation sites excluding steroid dienone is 2. The van der Waals surface area contributed by atoms with E-state index in [1.54, 1.807) is 0 Å². The van der Waals surface area contributed by atoms with Crippen LogP contribution < -0.4 is 0 Å². The first-order valence-electron chi connectivity index (χ1n) is 10.7. The molecular formula is C23H40O4. The number of unbranched alkanes of at least 4 members (excludes halogenated alkanes) is 3. The van der Waals surface area contributed by atoms with Gasteiger partial charge >= 0.3 is 0 Å². The standard InChI is InChI=1S/C23H40O4/c1-4-6-11-15-23(3,27)16-14-20-19(21(25)17-22(20)26)13-10-8-7-9-12-18(24)5-2/h8,10,14,16,19-22,25-27H,4-7,9,11-13,15,17H2,1-3H3/b10-8-,16-14+/t19-,20-,21+,22-,23?/m1/s1. The Labute approximate surface area is 165 Å². The Morgan fingerprint density at radius 3 is 2.52 bits per heavy atom. The zero-order valence-electron chi connectivity index (χ0n) is 17.4. The van der Waals surface area contributed by atoms with Crippen molar-refractivity contribution >= 4 is 5.78 Å². The lowest BCUT2D eigenvalue weighted by molar-refractivity contribution is -0.118. The van der Waals surface area contributed by atoms with Gasteiger partial charge in [-0.05, 0) is 38.5 Å². The highest BCUT2D eigenvalue weighted by Crippen LogP contribution is 2.37. The predicted octanol–water partition coefficient (Wildman–Crippen LogP) is 4.33. The Morgan fingerprint density at radius 2 is 1.85 bits per heavy atom. The van der Waals surface area contributed by atoms with Crippen LogP contribution in [0.15, 0.2) is 24.3 Å². The van der Waals surface area contributed by atoms with Crippen LogP contribution >= 0.6 is 0 Å². The van der Waals surface area contributed by atoms with Crippen molar-refractivity contribution in [3.05, 3.63) is 24.3 Å². The summed E-state index contributed by atoms with van der Waals surface area (Å²) in [5.41, 5.74) is -0.866. The van der Waals surface area contributed by atoms with Crippen molar-refractivity contribution in [3.8, 4) is 0 Å². The third-order valence-electron chi connectivity index (χ3n) is 5.68. The average Bonchev–Trinajstić information content (AvgIpc) is 2.89. The summed E-state index contributed by atoms with van der Waals surface area (Å²) in [6.45, 7) is 5.84. The molecule has 0 spiro atoms. The molecule has 1 rings (SSSR count). The van der Waals surface area contributed by atoms with Gasteiger partial charge in [0.05, 0.1) is 17.8 Å². The molecule has 0 saturated heterocycles. The van der Waals surface area contributed by atoms with E-state index >= 15 is 0 Å². The number of carbonyl (C=O) groups excluding carboxylic acids is 1. The molecule has 4 nitrogen and oxygen atoms in total. The topological polar surface area (TPSA) is 77.8 Å². The minimum Gasteiger partial charge on any atom is -0.393 e. The van der Waals surface area contributed by atoms with Gasteiger partial charge in [-0.3, -0.25) is 4.79 Å². The van der Waals surface area contributed by atoms with E-state index in [0.29, 0.717) is 37.9 Å². The first-order chi connectivity index (χ1) is 12.8. The first kappa shape index (κ1) is 24.1. The molecule has 0 bridgehead atoms. The van der Waals surface area contributed by atoms with Gasteiger partial charge in [0.25, 0.3) is 0 Å². The molecule has 0 aromatic rings. The van der Waals surface area contributed by atoms with E-state index in [1.807, 2.05) is 26.0 Å². The van der Waals surface area contributed by atoms with Crippen molar-refractivity contribution in [1.82, 2.24) is 0 Å². The van der Waals surface area contributed by atoms with Gasteiger partial charge in [0, 0.05) is 25.2 Å². The fourth-order valence-corrected chi connectivity index (χ4v) is 3.81. The molecule has 0 aromatic carbocycles. The monoisotopic (exact) mass is 380 g/mol. The Kier molecular flexibility index (Phi) is 11.1. The fraction of sp³-hybridized carbons (Fsp3) is 0.783. The number of aliphatic hydroxyl groups excluding tert-OH is 2. The summed E-state index contributed by atoms with van der Waals surface area (Å²) < 4.78 is 0. The fourth-order valence-electron chi connectivity index (χ4n) is 3.81. The van der Waals surface area contributed by atoms with Crippen molar-refractivity contribution in [3.63, 3.8) is 0 Å². The highest BCUT2D eigenvalue weighted by atomic mass is 16.3. The maximum Gasteiger partial charge on any atom is 0.132 e. The molecule has 0 radical (unpaired) electrons. The van der Waals surface area contributed by atoms with Crippen molar-refractivity contribution < 1.29 is 20.1 Å². The van der Waals surface area contributed by atoms with E-state index in [2.05, 4.69) is 19.1 Å². The Hall–Kier alpha value is -0.970. The van der Waals surface area contributed by atoms with Crippen LogP contribution in [0, 0.1) is 11.8 Å². The van der Waals surface area contributed by atoms with Crippen LogP contribution in [-0.2, 0) is 4.79 Å². The van der Waals surface area contributed by atoms with E-state index in [1.165, 1.54) is 0 Å². The minimum absolute atomic E-state index is 0.0313. The molecule has 1 aliphatic rings. The molecule has 0 aromatic heterocycles. The number of aliphatic hydroxyl groups is 3. The van der Waals surface area contributed by atoms with E-state index in [0.717, 1.165) is 32.1 Å². The summed E-state index contributed by atoms with van der Waals surface area (Å²) in [6, 6.07) is 0. The Morgan fingerprint density at radius 1 is 1.11 bits per heavy atom. The van der Waals surface area contributed by atoms with Crippen molar-refractivity contribution in [1.29, 1.82) is 0 Å². The predicted molar refractivity (Wildman–Crippen MR) is 110 cm³/mol. The Bertz CT molecular complexity index is 481. The highest BCUT2D eigenvalue weighted by Gasteiger charge is 2.39. The van der Waals surface area contributed by atoms with Crippen molar-refractivity contribution in [2.24, 2.45) is 11.8 Å².